The quantitative estimate of drug-likeness (QED) is 0.437. The van der Waals surface area contributed by atoms with Crippen LogP contribution in [0.15, 0.2) is 12.1 Å². The molecule has 1 aliphatic rings. The molecule has 0 spiro atoms. The van der Waals surface area contributed by atoms with Gasteiger partial charge in [0.15, 0.2) is 5.78 Å². The molecule has 0 saturated carbocycles. The fraction of sp³-hybridized carbons (Fsp3) is 0.636. The molecule has 2 heterocycles. The third-order valence-corrected chi connectivity index (χ3v) is 5.54. The highest BCUT2D eigenvalue weighted by molar-refractivity contribution is 5.98. The third-order valence-electron chi connectivity index (χ3n) is 5.54. The number of esters is 2. The van der Waals surface area contributed by atoms with Crippen molar-refractivity contribution in [2.75, 3.05) is 19.8 Å². The van der Waals surface area contributed by atoms with Gasteiger partial charge in [-0.05, 0) is 52.7 Å². The van der Waals surface area contributed by atoms with Gasteiger partial charge in [0.05, 0.1) is 24.9 Å². The molecule has 3 atom stereocenters. The van der Waals surface area contributed by atoms with Crippen LogP contribution in [0.2, 0.25) is 0 Å². The van der Waals surface area contributed by atoms with E-state index in [1.807, 2.05) is 13.0 Å². The number of Topliss-reactive ketones (excluding diaryl/α,β-unsaturated/α-hetero) is 1. The van der Waals surface area contributed by atoms with Crippen LogP contribution < -0.4 is 5.32 Å². The highest BCUT2D eigenvalue weighted by atomic mass is 16.5. The predicted octanol–water partition coefficient (Wildman–Crippen LogP) is 1.37. The zero-order valence-corrected chi connectivity index (χ0v) is 19.0. The lowest BCUT2D eigenvalue weighted by Crippen LogP contribution is -2.53. The van der Waals surface area contributed by atoms with Gasteiger partial charge in [0, 0.05) is 25.7 Å². The van der Waals surface area contributed by atoms with E-state index in [1.54, 1.807) is 38.5 Å². The van der Waals surface area contributed by atoms with Crippen LogP contribution >= 0.6 is 0 Å². The van der Waals surface area contributed by atoms with Crippen molar-refractivity contribution >= 4 is 23.6 Å². The molecule has 0 bridgehead atoms. The van der Waals surface area contributed by atoms with E-state index >= 15 is 0 Å². The molecule has 9 nitrogen and oxygen atoms in total. The molecule has 2 rings (SSSR count). The molecule has 0 aliphatic carbocycles. The Morgan fingerprint density at radius 3 is 2.42 bits per heavy atom. The number of hydrogen-bond acceptors (Lipinski definition) is 7. The second-order valence-electron chi connectivity index (χ2n) is 7.68. The summed E-state index contributed by atoms with van der Waals surface area (Å²) in [6, 6.07) is 1.15. The Bertz CT molecular complexity index is 818. The summed E-state index contributed by atoms with van der Waals surface area (Å²) in [5, 5.41) is 2.95. The van der Waals surface area contributed by atoms with Crippen molar-refractivity contribution in [2.24, 2.45) is 7.05 Å². The van der Waals surface area contributed by atoms with E-state index in [9.17, 15) is 19.2 Å². The van der Waals surface area contributed by atoms with Crippen LogP contribution in [0.25, 0.3) is 0 Å². The minimum atomic E-state index is -0.981. The third kappa shape index (κ3) is 5.94. The number of nitrogens with zero attached hydrogens (tertiary/aromatic N) is 2. The topological polar surface area (TPSA) is 107 Å². The number of nitrogens with one attached hydrogen (secondary N) is 1. The first-order valence-electron chi connectivity index (χ1n) is 10.8. The van der Waals surface area contributed by atoms with Gasteiger partial charge < -0.3 is 18.9 Å². The molecule has 1 aromatic rings. The number of ketones is 1. The van der Waals surface area contributed by atoms with Crippen LogP contribution in [-0.2, 0) is 30.9 Å². The summed E-state index contributed by atoms with van der Waals surface area (Å²) in [5.41, 5.74) is 1.40. The monoisotopic (exact) mass is 435 g/mol. The maximum Gasteiger partial charge on any atom is 0.328 e. The van der Waals surface area contributed by atoms with Crippen LogP contribution in [-0.4, -0.2) is 71.0 Å². The van der Waals surface area contributed by atoms with E-state index in [4.69, 9.17) is 9.47 Å². The molecule has 1 amide bonds. The molecule has 1 saturated heterocycles. The average Bonchev–Trinajstić information content (AvgIpc) is 3.34. The van der Waals surface area contributed by atoms with Gasteiger partial charge in [-0.25, -0.2) is 4.79 Å². The number of hydrogen-bond donors (Lipinski definition) is 1. The maximum atomic E-state index is 13.0. The van der Waals surface area contributed by atoms with Crippen molar-refractivity contribution < 1.29 is 28.7 Å². The molecule has 0 radical (unpaired) electrons. The van der Waals surface area contributed by atoms with Gasteiger partial charge in [-0.3, -0.25) is 19.7 Å². The first kappa shape index (κ1) is 24.6. The number of likely N-dealkylation sites (tertiary alicyclic amines) is 1. The van der Waals surface area contributed by atoms with Crippen LogP contribution in [0.1, 0.15) is 56.2 Å². The van der Waals surface area contributed by atoms with Gasteiger partial charge in [-0.1, -0.05) is 0 Å². The average molecular weight is 436 g/mol. The minimum Gasteiger partial charge on any atom is -0.465 e. The largest absolute Gasteiger partial charge is 0.465 e. The van der Waals surface area contributed by atoms with Gasteiger partial charge in [-0.15, -0.1) is 0 Å². The van der Waals surface area contributed by atoms with Gasteiger partial charge in [0.2, 0.25) is 5.91 Å². The zero-order valence-electron chi connectivity index (χ0n) is 19.0. The number of aryl methyl sites for hydroxylation is 1. The van der Waals surface area contributed by atoms with E-state index in [0.717, 1.165) is 5.69 Å². The first-order valence-corrected chi connectivity index (χ1v) is 10.8. The Labute approximate surface area is 183 Å². The van der Waals surface area contributed by atoms with E-state index in [0.29, 0.717) is 25.1 Å². The molecule has 9 heteroatoms. The number of rotatable bonds is 10. The molecule has 1 aromatic heterocycles. The van der Waals surface area contributed by atoms with Gasteiger partial charge >= 0.3 is 11.9 Å². The van der Waals surface area contributed by atoms with Gasteiger partial charge in [-0.2, -0.15) is 0 Å². The summed E-state index contributed by atoms with van der Waals surface area (Å²) >= 11 is 0. The fourth-order valence-electron chi connectivity index (χ4n) is 3.77. The normalized spacial score (nSPS) is 17.8. The molecular weight excluding hydrogens is 402 g/mol. The van der Waals surface area contributed by atoms with E-state index in [2.05, 4.69) is 5.32 Å². The van der Waals surface area contributed by atoms with E-state index in [-0.39, 0.29) is 31.3 Å². The minimum absolute atomic E-state index is 0.144. The van der Waals surface area contributed by atoms with Crippen molar-refractivity contribution in [2.45, 2.75) is 65.1 Å². The summed E-state index contributed by atoms with van der Waals surface area (Å²) in [6.07, 6.45) is 1.10. The van der Waals surface area contributed by atoms with Crippen molar-refractivity contribution in [3.63, 3.8) is 0 Å². The maximum absolute atomic E-state index is 13.0. The van der Waals surface area contributed by atoms with Crippen molar-refractivity contribution in [3.05, 3.63) is 23.5 Å². The van der Waals surface area contributed by atoms with Crippen LogP contribution in [0.3, 0.4) is 0 Å². The van der Waals surface area contributed by atoms with Gasteiger partial charge in [0.25, 0.3) is 0 Å². The summed E-state index contributed by atoms with van der Waals surface area (Å²) in [5.74, 6) is -1.56. The molecule has 0 aromatic carbocycles. The Balaban J connectivity index is 2.11. The second kappa shape index (κ2) is 11.1. The number of carbonyl (C=O) groups excluding carboxylic acids is 4. The van der Waals surface area contributed by atoms with E-state index in [1.165, 1.54) is 4.90 Å². The molecule has 172 valence electrons. The van der Waals surface area contributed by atoms with Crippen LogP contribution in [0.4, 0.5) is 0 Å². The second-order valence-corrected chi connectivity index (χ2v) is 7.68. The highest BCUT2D eigenvalue weighted by Gasteiger charge is 2.38. The summed E-state index contributed by atoms with van der Waals surface area (Å²) < 4.78 is 11.9. The molecule has 1 unspecified atom stereocenters. The fourth-order valence-corrected chi connectivity index (χ4v) is 3.77. The van der Waals surface area contributed by atoms with Crippen molar-refractivity contribution in [3.8, 4) is 0 Å². The number of aromatic nitrogens is 1. The summed E-state index contributed by atoms with van der Waals surface area (Å²) in [7, 11) is 1.78. The Hall–Kier alpha value is -2.68. The smallest absolute Gasteiger partial charge is 0.328 e. The molecule has 1 N–H and O–H groups in total. The lowest BCUT2D eigenvalue weighted by molar-refractivity contribution is -0.154. The summed E-state index contributed by atoms with van der Waals surface area (Å²) in [6.45, 7) is 7.75. The molecule has 1 aliphatic heterocycles. The SMILES string of the molecule is CCOC(=O)C(CC(=O)c1ccc(C)n1C)N[C@@H](C)C(=O)N1CCC[C@H]1C(=O)OCC. The van der Waals surface area contributed by atoms with Gasteiger partial charge in [0.1, 0.15) is 12.1 Å². The number of ether oxygens (including phenoxy) is 2. The lowest BCUT2D eigenvalue weighted by atomic mass is 10.1. The van der Waals surface area contributed by atoms with Crippen LogP contribution in [0, 0.1) is 6.92 Å². The van der Waals surface area contributed by atoms with Crippen LogP contribution in [0.5, 0.6) is 0 Å². The molecule has 1 fully saturated rings. The number of amides is 1. The highest BCUT2D eigenvalue weighted by Crippen LogP contribution is 2.20. The molecular formula is C22H33N3O6. The first-order chi connectivity index (χ1) is 14.7. The summed E-state index contributed by atoms with van der Waals surface area (Å²) in [4.78, 5) is 52.0. The van der Waals surface area contributed by atoms with E-state index < -0.39 is 30.1 Å². The van der Waals surface area contributed by atoms with Crippen molar-refractivity contribution in [1.29, 1.82) is 0 Å². The Kier molecular flexibility index (Phi) is 8.79. The molecule has 31 heavy (non-hydrogen) atoms. The predicted molar refractivity (Wildman–Crippen MR) is 113 cm³/mol. The Morgan fingerprint density at radius 2 is 1.84 bits per heavy atom. The zero-order chi connectivity index (χ0) is 23.1. The Morgan fingerprint density at radius 1 is 1.16 bits per heavy atom. The van der Waals surface area contributed by atoms with Crippen molar-refractivity contribution in [1.82, 2.24) is 14.8 Å². The lowest BCUT2D eigenvalue weighted by Gasteiger charge is -2.28. The number of carbonyl (C=O) groups is 4. The standard InChI is InChI=1S/C22H33N3O6/c1-6-30-21(28)16(13-19(26)17-11-10-14(3)24(17)5)23-15(4)20(27)25-12-8-9-18(25)22(29)31-7-2/h10-11,15-16,18,23H,6-9,12-13H2,1-5H3/t15-,16?,18-/m0/s1.